The first kappa shape index (κ1) is 22.1. The Morgan fingerprint density at radius 2 is 1.79 bits per heavy atom. The van der Waals surface area contributed by atoms with Crippen LogP contribution in [0.2, 0.25) is 5.02 Å². The van der Waals surface area contributed by atoms with Crippen molar-refractivity contribution < 1.29 is 19.1 Å². The van der Waals surface area contributed by atoms with Gasteiger partial charge in [0.15, 0.2) is 6.61 Å². The van der Waals surface area contributed by atoms with E-state index in [-0.39, 0.29) is 18.7 Å². The molecule has 1 aromatic carbocycles. The van der Waals surface area contributed by atoms with Crippen LogP contribution in [0.4, 0.5) is 0 Å². The summed E-state index contributed by atoms with van der Waals surface area (Å²) in [6.07, 6.45) is 6.47. The van der Waals surface area contributed by atoms with Crippen molar-refractivity contribution in [3.05, 3.63) is 34.9 Å². The molecule has 2 aliphatic rings. The summed E-state index contributed by atoms with van der Waals surface area (Å²) in [5.41, 5.74) is 0.240. The van der Waals surface area contributed by atoms with Gasteiger partial charge in [-0.25, -0.2) is 4.79 Å². The van der Waals surface area contributed by atoms with E-state index in [0.29, 0.717) is 22.8 Å². The van der Waals surface area contributed by atoms with Crippen molar-refractivity contribution in [2.24, 2.45) is 17.8 Å². The largest absolute Gasteiger partial charge is 0.460 e. The molecule has 3 atom stereocenters. The number of benzene rings is 1. The highest BCUT2D eigenvalue weighted by Crippen LogP contribution is 2.42. The van der Waals surface area contributed by atoms with Gasteiger partial charge in [-0.05, 0) is 61.1 Å². The summed E-state index contributed by atoms with van der Waals surface area (Å²) in [6, 6.07) is 7.39. The van der Waals surface area contributed by atoms with Gasteiger partial charge in [0.1, 0.15) is 6.10 Å². The van der Waals surface area contributed by atoms with Crippen LogP contribution in [0, 0.1) is 17.8 Å². The van der Waals surface area contributed by atoms with Crippen LogP contribution in [0.15, 0.2) is 24.3 Å². The average molecular weight is 421 g/mol. The molecule has 4 nitrogen and oxygen atoms in total. The first-order chi connectivity index (χ1) is 13.8. The molecule has 0 bridgehead atoms. The van der Waals surface area contributed by atoms with E-state index < -0.39 is 11.4 Å². The Morgan fingerprint density at radius 3 is 2.41 bits per heavy atom. The molecule has 0 heterocycles. The van der Waals surface area contributed by atoms with Crippen molar-refractivity contribution in [3.63, 3.8) is 0 Å². The van der Waals surface area contributed by atoms with E-state index in [1.807, 2.05) is 12.1 Å². The van der Waals surface area contributed by atoms with Crippen LogP contribution in [0.3, 0.4) is 0 Å². The van der Waals surface area contributed by atoms with Crippen LogP contribution in [0.5, 0.6) is 0 Å². The standard InChI is InChI=1S/C24H33ClO4/c1-16(2)20-11-6-17(3)14-21(20)29-22(26)15-28-23(27)24(12-4-5-13-24)18-7-9-19(25)10-8-18/h7-10,16-17,20-21H,4-6,11-15H2,1-3H3. The van der Waals surface area contributed by atoms with Gasteiger partial charge in [0.25, 0.3) is 0 Å². The highest BCUT2D eigenvalue weighted by Gasteiger charge is 2.44. The van der Waals surface area contributed by atoms with Gasteiger partial charge in [0, 0.05) is 5.02 Å². The molecule has 0 saturated heterocycles. The van der Waals surface area contributed by atoms with Crippen LogP contribution < -0.4 is 0 Å². The highest BCUT2D eigenvalue weighted by molar-refractivity contribution is 6.30. The monoisotopic (exact) mass is 420 g/mol. The molecule has 0 N–H and O–H groups in total. The van der Waals surface area contributed by atoms with Gasteiger partial charge < -0.3 is 9.47 Å². The summed E-state index contributed by atoms with van der Waals surface area (Å²) < 4.78 is 11.3. The molecule has 2 fully saturated rings. The van der Waals surface area contributed by atoms with E-state index in [9.17, 15) is 9.59 Å². The van der Waals surface area contributed by atoms with Crippen LogP contribution in [-0.4, -0.2) is 24.6 Å². The fourth-order valence-corrected chi connectivity index (χ4v) is 5.20. The quantitative estimate of drug-likeness (QED) is 0.554. The minimum absolute atomic E-state index is 0.0818. The molecule has 0 amide bonds. The summed E-state index contributed by atoms with van der Waals surface area (Å²) in [5.74, 6) is 0.631. The third-order valence-electron chi connectivity index (χ3n) is 6.81. The molecule has 0 radical (unpaired) electrons. The number of halogens is 1. The van der Waals surface area contributed by atoms with Crippen LogP contribution in [0.25, 0.3) is 0 Å². The minimum atomic E-state index is -0.676. The summed E-state index contributed by atoms with van der Waals surface area (Å²) in [7, 11) is 0. The average Bonchev–Trinajstić information content (AvgIpc) is 3.17. The normalized spacial score (nSPS) is 26.3. The minimum Gasteiger partial charge on any atom is -0.460 e. The molecular weight excluding hydrogens is 388 g/mol. The summed E-state index contributed by atoms with van der Waals surface area (Å²) in [4.78, 5) is 25.5. The van der Waals surface area contributed by atoms with Gasteiger partial charge >= 0.3 is 11.9 Å². The lowest BCUT2D eigenvalue weighted by molar-refractivity contribution is -0.169. The number of hydrogen-bond acceptors (Lipinski definition) is 4. The molecule has 2 aliphatic carbocycles. The third-order valence-corrected chi connectivity index (χ3v) is 7.06. The molecule has 3 unspecified atom stereocenters. The summed E-state index contributed by atoms with van der Waals surface area (Å²) in [5, 5.41) is 0.639. The van der Waals surface area contributed by atoms with Crippen molar-refractivity contribution in [1.29, 1.82) is 0 Å². The van der Waals surface area contributed by atoms with Crippen molar-refractivity contribution in [1.82, 2.24) is 0 Å². The lowest BCUT2D eigenvalue weighted by atomic mass is 9.75. The predicted octanol–water partition coefficient (Wildman–Crippen LogP) is 5.70. The smallest absolute Gasteiger partial charge is 0.344 e. The van der Waals surface area contributed by atoms with Crippen molar-refractivity contribution >= 4 is 23.5 Å². The zero-order valence-electron chi connectivity index (χ0n) is 17.8. The Hall–Kier alpha value is -1.55. The molecule has 3 rings (SSSR count). The highest BCUT2D eigenvalue weighted by atomic mass is 35.5. The SMILES string of the molecule is CC1CCC(C(C)C)C(OC(=O)COC(=O)C2(c3ccc(Cl)cc3)CCCC2)C1. The maximum absolute atomic E-state index is 13.0. The predicted molar refractivity (Wildman–Crippen MR) is 114 cm³/mol. The Morgan fingerprint density at radius 1 is 1.14 bits per heavy atom. The topological polar surface area (TPSA) is 52.6 Å². The molecule has 160 valence electrons. The van der Waals surface area contributed by atoms with Gasteiger partial charge in [-0.15, -0.1) is 0 Å². The maximum Gasteiger partial charge on any atom is 0.344 e. The number of rotatable bonds is 6. The Bertz CT molecular complexity index is 706. The Kier molecular flexibility index (Phi) is 7.26. The molecular formula is C24H33ClO4. The fourth-order valence-electron chi connectivity index (χ4n) is 5.07. The Balaban J connectivity index is 1.61. The molecule has 0 aliphatic heterocycles. The lowest BCUT2D eigenvalue weighted by Crippen LogP contribution is -2.38. The van der Waals surface area contributed by atoms with E-state index in [1.165, 1.54) is 6.42 Å². The van der Waals surface area contributed by atoms with Crippen LogP contribution in [0.1, 0.15) is 71.3 Å². The number of hydrogen-bond donors (Lipinski definition) is 0. The first-order valence-electron chi connectivity index (χ1n) is 10.9. The van der Waals surface area contributed by atoms with E-state index >= 15 is 0 Å². The first-order valence-corrected chi connectivity index (χ1v) is 11.3. The van der Waals surface area contributed by atoms with Gasteiger partial charge in [0.2, 0.25) is 0 Å². The fraction of sp³-hybridized carbons (Fsp3) is 0.667. The molecule has 0 aromatic heterocycles. The van der Waals surface area contributed by atoms with Crippen molar-refractivity contribution in [2.75, 3.05) is 6.61 Å². The van der Waals surface area contributed by atoms with Gasteiger partial charge in [-0.3, -0.25) is 4.79 Å². The zero-order chi connectivity index (χ0) is 21.0. The van der Waals surface area contributed by atoms with Crippen molar-refractivity contribution in [2.45, 2.75) is 77.2 Å². The second-order valence-corrected chi connectivity index (χ2v) is 9.66. The third kappa shape index (κ3) is 5.14. The zero-order valence-corrected chi connectivity index (χ0v) is 18.5. The van der Waals surface area contributed by atoms with Gasteiger partial charge in [-0.2, -0.15) is 0 Å². The molecule has 2 saturated carbocycles. The number of esters is 2. The number of carbonyl (C=O) groups excluding carboxylic acids is 2. The van der Waals surface area contributed by atoms with Crippen molar-refractivity contribution in [3.8, 4) is 0 Å². The van der Waals surface area contributed by atoms with E-state index in [2.05, 4.69) is 20.8 Å². The number of carbonyl (C=O) groups is 2. The van der Waals surface area contributed by atoms with Crippen LogP contribution >= 0.6 is 11.6 Å². The van der Waals surface area contributed by atoms with Gasteiger partial charge in [-0.1, -0.05) is 63.8 Å². The molecule has 0 spiro atoms. The molecule has 5 heteroatoms. The Labute approximate surface area is 179 Å². The van der Waals surface area contributed by atoms with E-state index in [1.54, 1.807) is 12.1 Å². The van der Waals surface area contributed by atoms with E-state index in [0.717, 1.165) is 44.1 Å². The molecule has 1 aromatic rings. The number of ether oxygens (including phenoxy) is 2. The second kappa shape index (κ2) is 9.51. The maximum atomic E-state index is 13.0. The lowest BCUT2D eigenvalue weighted by Gasteiger charge is -2.36. The molecule has 29 heavy (non-hydrogen) atoms. The summed E-state index contributed by atoms with van der Waals surface area (Å²) >= 11 is 6.01. The second-order valence-electron chi connectivity index (χ2n) is 9.23. The van der Waals surface area contributed by atoms with Crippen LogP contribution in [-0.2, 0) is 24.5 Å². The summed E-state index contributed by atoms with van der Waals surface area (Å²) in [6.45, 7) is 6.24. The van der Waals surface area contributed by atoms with E-state index in [4.69, 9.17) is 21.1 Å². The van der Waals surface area contributed by atoms with Gasteiger partial charge in [0.05, 0.1) is 5.41 Å².